The first-order valence-corrected chi connectivity index (χ1v) is 25.5. The van der Waals surface area contributed by atoms with Crippen LogP contribution in [-0.2, 0) is 28.5 Å². The lowest BCUT2D eigenvalue weighted by Gasteiger charge is -2.34. The highest BCUT2D eigenvalue weighted by Crippen LogP contribution is 2.26. The van der Waals surface area contributed by atoms with Gasteiger partial charge in [0.25, 0.3) is 0 Å². The lowest BCUT2D eigenvalue weighted by atomic mass is 9.93. The molecule has 0 N–H and O–H groups in total. The second-order valence-electron chi connectivity index (χ2n) is 17.5. The van der Waals surface area contributed by atoms with Crippen molar-refractivity contribution in [1.82, 2.24) is 0 Å². The molecule has 0 aromatic carbocycles. The minimum Gasteiger partial charge on any atom is -0.462 e. The van der Waals surface area contributed by atoms with Crippen molar-refractivity contribution in [3.05, 3.63) is 0 Å². The van der Waals surface area contributed by atoms with E-state index < -0.39 is 6.10 Å². The second kappa shape index (κ2) is 43.0. The quantitative estimate of drug-likeness (QED) is 0.0451. The first-order valence-electron chi connectivity index (χ1n) is 25.5. The molecule has 0 saturated heterocycles. The maximum atomic E-state index is 13.0. The van der Waals surface area contributed by atoms with Crippen molar-refractivity contribution in [3.8, 4) is 0 Å². The number of hydrogen-bond donors (Lipinski definition) is 0. The zero-order valence-corrected chi connectivity index (χ0v) is 39.4. The molecule has 0 saturated carbocycles. The lowest BCUT2D eigenvalue weighted by molar-refractivity contribution is -0.170. The summed E-state index contributed by atoms with van der Waals surface area (Å²) in [5, 5.41) is 0. The molecule has 0 aliphatic heterocycles. The molecule has 340 valence electrons. The topological polar surface area (TPSA) is 71.1 Å². The zero-order valence-electron chi connectivity index (χ0n) is 39.4. The van der Waals surface area contributed by atoms with Gasteiger partial charge in [0, 0.05) is 19.4 Å². The maximum Gasteiger partial charge on any atom is 0.306 e. The van der Waals surface area contributed by atoms with Crippen molar-refractivity contribution in [3.63, 3.8) is 0 Å². The number of carbonyl (C=O) groups is 2. The van der Waals surface area contributed by atoms with E-state index in [1.807, 2.05) is 0 Å². The van der Waals surface area contributed by atoms with Crippen molar-refractivity contribution in [2.24, 2.45) is 0 Å². The summed E-state index contributed by atoms with van der Waals surface area (Å²) < 4.78 is 24.3. The van der Waals surface area contributed by atoms with Gasteiger partial charge in [-0.15, -0.1) is 0 Å². The van der Waals surface area contributed by atoms with Crippen LogP contribution in [0.1, 0.15) is 279 Å². The van der Waals surface area contributed by atoms with Gasteiger partial charge in [-0.05, 0) is 44.9 Å². The van der Waals surface area contributed by atoms with Gasteiger partial charge >= 0.3 is 11.9 Å². The van der Waals surface area contributed by atoms with E-state index in [9.17, 15) is 9.59 Å². The number of unbranched alkanes of at least 4 members (excludes halogenated alkanes) is 28. The van der Waals surface area contributed by atoms with Gasteiger partial charge in [-0.2, -0.15) is 0 Å². The Bertz CT molecular complexity index is 838. The largest absolute Gasteiger partial charge is 0.462 e. The zero-order chi connectivity index (χ0) is 41.9. The third kappa shape index (κ3) is 36.4. The molecule has 1 unspecified atom stereocenters. The predicted molar refractivity (Wildman–Crippen MR) is 244 cm³/mol. The van der Waals surface area contributed by atoms with Crippen LogP contribution in [0.2, 0.25) is 0 Å². The van der Waals surface area contributed by atoms with Gasteiger partial charge < -0.3 is 18.9 Å². The summed E-state index contributed by atoms with van der Waals surface area (Å²) in [5.41, 5.74) is -0.358. The highest BCUT2D eigenvalue weighted by molar-refractivity contribution is 5.70. The average Bonchev–Trinajstić information content (AvgIpc) is 3.22. The van der Waals surface area contributed by atoms with Gasteiger partial charge in [0.15, 0.2) is 6.10 Å². The fourth-order valence-electron chi connectivity index (χ4n) is 7.99. The van der Waals surface area contributed by atoms with E-state index in [-0.39, 0.29) is 36.9 Å². The van der Waals surface area contributed by atoms with E-state index >= 15 is 0 Å². The van der Waals surface area contributed by atoms with Crippen LogP contribution in [0.4, 0.5) is 0 Å². The monoisotopic (exact) mass is 809 g/mol. The van der Waals surface area contributed by atoms with Crippen molar-refractivity contribution < 1.29 is 28.5 Å². The maximum absolute atomic E-state index is 13.0. The van der Waals surface area contributed by atoms with Gasteiger partial charge in [-0.1, -0.05) is 221 Å². The molecule has 0 aliphatic carbocycles. The molecule has 0 aliphatic rings. The normalized spacial score (nSPS) is 12.4. The smallest absolute Gasteiger partial charge is 0.306 e. The molecule has 57 heavy (non-hydrogen) atoms. The number of hydrogen-bond acceptors (Lipinski definition) is 6. The summed E-state index contributed by atoms with van der Waals surface area (Å²) in [6, 6.07) is 0. The highest BCUT2D eigenvalue weighted by atomic mass is 16.6. The highest BCUT2D eigenvalue weighted by Gasteiger charge is 2.30. The van der Waals surface area contributed by atoms with Gasteiger partial charge in [0.05, 0.1) is 18.3 Å². The molecular formula is C51H100O6. The molecule has 0 aromatic heterocycles. The first kappa shape index (κ1) is 55.9. The summed E-state index contributed by atoms with van der Waals surface area (Å²) in [6.07, 6.45) is 43.8. The summed E-state index contributed by atoms with van der Waals surface area (Å²) in [4.78, 5) is 25.8. The Kier molecular flexibility index (Phi) is 42.1. The van der Waals surface area contributed by atoms with Crippen LogP contribution in [0.15, 0.2) is 0 Å². The molecule has 6 nitrogen and oxygen atoms in total. The molecule has 0 fully saturated rings. The molecule has 0 bridgehead atoms. The van der Waals surface area contributed by atoms with Gasteiger partial charge in [-0.25, -0.2) is 0 Å². The molecule has 6 heteroatoms. The molecular weight excluding hydrogens is 709 g/mol. The van der Waals surface area contributed by atoms with Crippen LogP contribution in [0.5, 0.6) is 0 Å². The van der Waals surface area contributed by atoms with E-state index in [4.69, 9.17) is 18.9 Å². The van der Waals surface area contributed by atoms with Gasteiger partial charge in [-0.3, -0.25) is 9.59 Å². The van der Waals surface area contributed by atoms with Gasteiger partial charge in [0.2, 0.25) is 0 Å². The summed E-state index contributed by atoms with van der Waals surface area (Å²) in [6.45, 7) is 14.1. The third-order valence-electron chi connectivity index (χ3n) is 12.4. The number of esters is 2. The Morgan fingerprint density at radius 2 is 0.772 bits per heavy atom. The molecule has 0 rings (SSSR count). The van der Waals surface area contributed by atoms with Crippen LogP contribution in [0, 0.1) is 0 Å². The van der Waals surface area contributed by atoms with Crippen molar-refractivity contribution in [2.45, 2.75) is 297 Å². The number of rotatable bonds is 46. The summed E-state index contributed by atoms with van der Waals surface area (Å²) >= 11 is 0. The second-order valence-corrected chi connectivity index (χ2v) is 17.5. The Hall–Kier alpha value is -1.14. The number of ether oxygens (including phenoxy) is 4. The van der Waals surface area contributed by atoms with E-state index in [0.717, 1.165) is 57.8 Å². The minimum absolute atomic E-state index is 0.0515. The Balaban J connectivity index is 4.54. The SMILES string of the molecule is CCCCCCCCCCCCCCCCCC(=O)OCC(COC(CC)(CC)CCOC(CC)CC)OC(=O)CCCCCCCCCCCCCCCCC. The summed E-state index contributed by atoms with van der Waals surface area (Å²) in [7, 11) is 0. The Morgan fingerprint density at radius 3 is 1.12 bits per heavy atom. The van der Waals surface area contributed by atoms with E-state index in [2.05, 4.69) is 41.5 Å². The van der Waals surface area contributed by atoms with E-state index in [1.165, 1.54) is 167 Å². The number of carbonyl (C=O) groups excluding carboxylic acids is 2. The standard InChI is InChI=1S/C51H100O6/c1-7-13-15-17-19-21-23-25-27-29-31-33-35-37-39-41-49(52)55-45-48(46-56-51(11-5,12-6)43-44-54-47(9-3)10-4)57-50(53)42-40-38-36-34-32-30-28-26-24-22-20-18-16-14-8-2/h47-48H,7-46H2,1-6H3. The molecule has 0 heterocycles. The lowest BCUT2D eigenvalue weighted by Crippen LogP contribution is -2.39. The van der Waals surface area contributed by atoms with Gasteiger partial charge in [0.1, 0.15) is 6.61 Å². The van der Waals surface area contributed by atoms with Crippen LogP contribution in [0.25, 0.3) is 0 Å². The van der Waals surface area contributed by atoms with Crippen LogP contribution in [-0.4, -0.2) is 49.6 Å². The van der Waals surface area contributed by atoms with Crippen LogP contribution >= 0.6 is 0 Å². The van der Waals surface area contributed by atoms with Crippen LogP contribution in [0.3, 0.4) is 0 Å². The van der Waals surface area contributed by atoms with Crippen molar-refractivity contribution in [2.75, 3.05) is 19.8 Å². The Morgan fingerprint density at radius 1 is 0.421 bits per heavy atom. The molecule has 0 radical (unpaired) electrons. The van der Waals surface area contributed by atoms with E-state index in [0.29, 0.717) is 19.4 Å². The first-order chi connectivity index (χ1) is 27.9. The minimum atomic E-state index is -0.601. The fourth-order valence-corrected chi connectivity index (χ4v) is 7.99. The third-order valence-corrected chi connectivity index (χ3v) is 12.4. The van der Waals surface area contributed by atoms with Crippen molar-refractivity contribution in [1.29, 1.82) is 0 Å². The molecule has 1 atom stereocenters. The van der Waals surface area contributed by atoms with E-state index in [1.54, 1.807) is 0 Å². The summed E-state index contributed by atoms with van der Waals surface area (Å²) in [5.74, 6) is -0.420. The predicted octanol–water partition coefficient (Wildman–Crippen LogP) is 16.1. The molecule has 0 spiro atoms. The molecule has 0 amide bonds. The Labute approximate surface area is 356 Å². The fraction of sp³-hybridized carbons (Fsp3) is 0.961. The molecule has 0 aromatic rings. The average molecular weight is 809 g/mol. The van der Waals surface area contributed by atoms with Crippen molar-refractivity contribution >= 4 is 11.9 Å². The van der Waals surface area contributed by atoms with Crippen LogP contribution < -0.4 is 0 Å².